The van der Waals surface area contributed by atoms with E-state index in [0.29, 0.717) is 0 Å². The van der Waals surface area contributed by atoms with E-state index < -0.39 is 0 Å². The standard InChI is InChI=1S/C13H18N4S/c14-11-8-15-17(9-11)6-5-16(12-3-4-12)10-13-2-1-7-18-13/h1-2,7-9,12H,3-6,10,14H2. The predicted molar refractivity (Wildman–Crippen MR) is 74.4 cm³/mol. The van der Waals surface area contributed by atoms with Crippen molar-refractivity contribution in [1.29, 1.82) is 0 Å². The SMILES string of the molecule is Nc1cnn(CCN(Cc2cccs2)C2CC2)c1. The summed E-state index contributed by atoms with van der Waals surface area (Å²) in [6.07, 6.45) is 6.29. The summed E-state index contributed by atoms with van der Waals surface area (Å²) in [5.41, 5.74) is 6.41. The number of nitrogens with zero attached hydrogens (tertiary/aromatic N) is 3. The molecule has 0 aromatic carbocycles. The van der Waals surface area contributed by atoms with Crippen molar-refractivity contribution in [2.75, 3.05) is 12.3 Å². The molecule has 0 unspecified atom stereocenters. The van der Waals surface area contributed by atoms with E-state index in [1.807, 2.05) is 22.2 Å². The number of thiophene rings is 1. The van der Waals surface area contributed by atoms with Crippen LogP contribution in [0.1, 0.15) is 17.7 Å². The zero-order valence-corrected chi connectivity index (χ0v) is 11.1. The van der Waals surface area contributed by atoms with Gasteiger partial charge in [0.05, 0.1) is 18.4 Å². The first-order valence-electron chi connectivity index (χ1n) is 6.35. The molecular formula is C13H18N4S. The zero-order valence-electron chi connectivity index (χ0n) is 10.3. The molecule has 2 aromatic heterocycles. The molecule has 5 heteroatoms. The van der Waals surface area contributed by atoms with E-state index in [2.05, 4.69) is 27.5 Å². The fraction of sp³-hybridized carbons (Fsp3) is 0.462. The number of hydrogen-bond donors (Lipinski definition) is 1. The highest BCUT2D eigenvalue weighted by Gasteiger charge is 2.28. The average Bonchev–Trinajstić information content (AvgIpc) is 2.92. The van der Waals surface area contributed by atoms with E-state index in [4.69, 9.17) is 5.73 Å². The summed E-state index contributed by atoms with van der Waals surface area (Å²) in [5.74, 6) is 0. The summed E-state index contributed by atoms with van der Waals surface area (Å²) in [5, 5.41) is 6.38. The minimum absolute atomic E-state index is 0.742. The Morgan fingerprint density at radius 1 is 1.50 bits per heavy atom. The minimum atomic E-state index is 0.742. The lowest BCUT2D eigenvalue weighted by molar-refractivity contribution is 0.242. The molecular weight excluding hydrogens is 244 g/mol. The third-order valence-corrected chi connectivity index (χ3v) is 4.13. The molecule has 4 nitrogen and oxygen atoms in total. The molecule has 96 valence electrons. The van der Waals surface area contributed by atoms with Crippen LogP contribution in [0.25, 0.3) is 0 Å². The number of nitrogen functional groups attached to an aromatic ring is 1. The van der Waals surface area contributed by atoms with Crippen LogP contribution in [0.15, 0.2) is 29.9 Å². The molecule has 0 atom stereocenters. The highest BCUT2D eigenvalue weighted by Crippen LogP contribution is 2.28. The highest BCUT2D eigenvalue weighted by atomic mass is 32.1. The highest BCUT2D eigenvalue weighted by molar-refractivity contribution is 7.09. The van der Waals surface area contributed by atoms with Gasteiger partial charge in [-0.05, 0) is 24.3 Å². The summed E-state index contributed by atoms with van der Waals surface area (Å²) in [6, 6.07) is 5.12. The van der Waals surface area contributed by atoms with Gasteiger partial charge >= 0.3 is 0 Å². The van der Waals surface area contributed by atoms with Gasteiger partial charge in [0, 0.05) is 30.2 Å². The fourth-order valence-electron chi connectivity index (χ4n) is 2.17. The Balaban J connectivity index is 1.57. The average molecular weight is 262 g/mol. The van der Waals surface area contributed by atoms with Crippen molar-refractivity contribution in [3.05, 3.63) is 34.8 Å². The Hall–Kier alpha value is -1.33. The molecule has 1 saturated carbocycles. The van der Waals surface area contributed by atoms with Crippen LogP contribution >= 0.6 is 11.3 Å². The van der Waals surface area contributed by atoms with Crippen LogP contribution in [-0.4, -0.2) is 27.3 Å². The van der Waals surface area contributed by atoms with E-state index in [1.54, 1.807) is 6.20 Å². The molecule has 0 bridgehead atoms. The predicted octanol–water partition coefficient (Wildman–Crippen LogP) is 2.19. The molecule has 1 fully saturated rings. The third kappa shape index (κ3) is 2.91. The first-order chi connectivity index (χ1) is 8.81. The second kappa shape index (κ2) is 5.12. The van der Waals surface area contributed by atoms with Gasteiger partial charge in [0.25, 0.3) is 0 Å². The third-order valence-electron chi connectivity index (χ3n) is 3.27. The molecule has 18 heavy (non-hydrogen) atoms. The van der Waals surface area contributed by atoms with Gasteiger partial charge in [-0.1, -0.05) is 6.07 Å². The van der Waals surface area contributed by atoms with Crippen LogP contribution in [0, 0.1) is 0 Å². The second-order valence-corrected chi connectivity index (χ2v) is 5.85. The largest absolute Gasteiger partial charge is 0.396 e. The van der Waals surface area contributed by atoms with E-state index >= 15 is 0 Å². The van der Waals surface area contributed by atoms with E-state index in [1.165, 1.54) is 17.7 Å². The van der Waals surface area contributed by atoms with Crippen LogP contribution in [0.2, 0.25) is 0 Å². The van der Waals surface area contributed by atoms with Crippen LogP contribution in [-0.2, 0) is 13.1 Å². The lowest BCUT2D eigenvalue weighted by Gasteiger charge is -2.21. The summed E-state index contributed by atoms with van der Waals surface area (Å²) in [4.78, 5) is 4.01. The Kier molecular flexibility index (Phi) is 3.34. The number of hydrogen-bond acceptors (Lipinski definition) is 4. The minimum Gasteiger partial charge on any atom is -0.396 e. The van der Waals surface area contributed by atoms with Gasteiger partial charge in [-0.2, -0.15) is 5.10 Å². The molecule has 0 amide bonds. The van der Waals surface area contributed by atoms with Crippen LogP contribution in [0.5, 0.6) is 0 Å². The number of rotatable bonds is 6. The van der Waals surface area contributed by atoms with Crippen molar-refractivity contribution in [3.8, 4) is 0 Å². The van der Waals surface area contributed by atoms with Gasteiger partial charge in [0.1, 0.15) is 0 Å². The van der Waals surface area contributed by atoms with Crippen LogP contribution in [0.4, 0.5) is 5.69 Å². The van der Waals surface area contributed by atoms with Crippen molar-refractivity contribution in [3.63, 3.8) is 0 Å². The van der Waals surface area contributed by atoms with Crippen molar-refractivity contribution in [1.82, 2.24) is 14.7 Å². The second-order valence-electron chi connectivity index (χ2n) is 4.82. The molecule has 0 aliphatic heterocycles. The lowest BCUT2D eigenvalue weighted by Crippen LogP contribution is -2.29. The number of anilines is 1. The topological polar surface area (TPSA) is 47.1 Å². The monoisotopic (exact) mass is 262 g/mol. The summed E-state index contributed by atoms with van der Waals surface area (Å²) >= 11 is 1.84. The first-order valence-corrected chi connectivity index (χ1v) is 7.23. The molecule has 0 saturated heterocycles. The molecule has 0 spiro atoms. The maximum absolute atomic E-state index is 5.67. The fourth-order valence-corrected chi connectivity index (χ4v) is 2.90. The lowest BCUT2D eigenvalue weighted by atomic mass is 10.4. The number of nitrogens with two attached hydrogens (primary N) is 1. The zero-order chi connectivity index (χ0) is 12.4. The van der Waals surface area contributed by atoms with E-state index in [0.717, 1.165) is 31.4 Å². The van der Waals surface area contributed by atoms with Crippen LogP contribution < -0.4 is 5.73 Å². The van der Waals surface area contributed by atoms with Crippen molar-refractivity contribution in [2.45, 2.75) is 32.0 Å². The molecule has 3 rings (SSSR count). The molecule has 2 aromatic rings. The molecule has 0 radical (unpaired) electrons. The van der Waals surface area contributed by atoms with E-state index in [9.17, 15) is 0 Å². The smallest absolute Gasteiger partial charge is 0.0719 e. The molecule has 2 N–H and O–H groups in total. The van der Waals surface area contributed by atoms with Gasteiger partial charge in [-0.15, -0.1) is 11.3 Å². The quantitative estimate of drug-likeness (QED) is 0.868. The first kappa shape index (κ1) is 11.7. The number of aromatic nitrogens is 2. The maximum Gasteiger partial charge on any atom is 0.0719 e. The summed E-state index contributed by atoms with van der Waals surface area (Å²) in [7, 11) is 0. The molecule has 1 aliphatic carbocycles. The van der Waals surface area contributed by atoms with Gasteiger partial charge in [-0.25, -0.2) is 0 Å². The van der Waals surface area contributed by atoms with Crippen LogP contribution in [0.3, 0.4) is 0 Å². The maximum atomic E-state index is 5.67. The molecule has 2 heterocycles. The Bertz CT molecular complexity index is 487. The Morgan fingerprint density at radius 2 is 2.39 bits per heavy atom. The van der Waals surface area contributed by atoms with Gasteiger partial charge in [-0.3, -0.25) is 9.58 Å². The molecule has 1 aliphatic rings. The summed E-state index contributed by atoms with van der Waals surface area (Å²) < 4.78 is 1.93. The van der Waals surface area contributed by atoms with E-state index in [-0.39, 0.29) is 0 Å². The Labute approximate surface area is 111 Å². The normalized spacial score (nSPS) is 15.4. The van der Waals surface area contributed by atoms with Crippen molar-refractivity contribution >= 4 is 17.0 Å². The van der Waals surface area contributed by atoms with Gasteiger partial charge in [0.2, 0.25) is 0 Å². The van der Waals surface area contributed by atoms with Gasteiger partial charge < -0.3 is 5.73 Å². The summed E-state index contributed by atoms with van der Waals surface area (Å²) in [6.45, 7) is 3.03. The van der Waals surface area contributed by atoms with Gasteiger partial charge in [0.15, 0.2) is 0 Å². The van der Waals surface area contributed by atoms with Crippen molar-refractivity contribution in [2.24, 2.45) is 0 Å². The Morgan fingerprint density at radius 3 is 3.00 bits per heavy atom. The van der Waals surface area contributed by atoms with Crippen molar-refractivity contribution < 1.29 is 0 Å².